The van der Waals surface area contributed by atoms with E-state index in [9.17, 15) is 9.59 Å². The number of anilines is 1. The molecule has 4 heteroatoms. The third-order valence-electron chi connectivity index (χ3n) is 5.80. The first-order valence-corrected chi connectivity index (χ1v) is 10.9. The lowest BCUT2D eigenvalue weighted by molar-refractivity contribution is -0.122. The van der Waals surface area contributed by atoms with Gasteiger partial charge >= 0.3 is 0 Å². The first-order chi connectivity index (χ1) is 14.6. The van der Waals surface area contributed by atoms with Crippen LogP contribution in [0.4, 0.5) is 5.69 Å². The molecule has 5 rings (SSSR count). The van der Waals surface area contributed by atoms with Crippen LogP contribution in [0.3, 0.4) is 0 Å². The second kappa shape index (κ2) is 7.62. The molecule has 0 saturated carbocycles. The number of amides is 2. The van der Waals surface area contributed by atoms with Crippen molar-refractivity contribution in [2.75, 3.05) is 4.90 Å². The molecule has 0 radical (unpaired) electrons. The summed E-state index contributed by atoms with van der Waals surface area (Å²) in [7, 11) is 0. The van der Waals surface area contributed by atoms with Gasteiger partial charge in [-0.05, 0) is 30.2 Å². The summed E-state index contributed by atoms with van der Waals surface area (Å²) in [4.78, 5) is 29.4. The molecule has 0 N–H and O–H groups in total. The van der Waals surface area contributed by atoms with Gasteiger partial charge in [0.15, 0.2) is 0 Å². The van der Waals surface area contributed by atoms with E-state index in [1.165, 1.54) is 16.7 Å². The monoisotopic (exact) mass is 411 g/mol. The number of fused-ring (bicyclic) bond motifs is 1. The van der Waals surface area contributed by atoms with E-state index in [4.69, 9.17) is 0 Å². The summed E-state index contributed by atoms with van der Waals surface area (Å²) >= 11 is 1.52. The van der Waals surface area contributed by atoms with Crippen LogP contribution >= 0.6 is 11.8 Å². The van der Waals surface area contributed by atoms with Gasteiger partial charge in [-0.25, -0.2) is 4.90 Å². The van der Waals surface area contributed by atoms with Crippen molar-refractivity contribution < 1.29 is 9.59 Å². The first kappa shape index (κ1) is 18.9. The summed E-state index contributed by atoms with van der Waals surface area (Å²) in [6.45, 7) is 1.99. The molecule has 2 heterocycles. The number of rotatable bonds is 3. The van der Waals surface area contributed by atoms with Crippen LogP contribution in [0.2, 0.25) is 0 Å². The Kier molecular flexibility index (Phi) is 4.80. The van der Waals surface area contributed by atoms with Gasteiger partial charge in [0.25, 0.3) is 0 Å². The summed E-state index contributed by atoms with van der Waals surface area (Å²) in [6.07, 6.45) is 2.17. The standard InChI is InChI=1S/C26H21NO2S/c1-17-12-14-20(15-13-17)27-25(28)23-21(18-8-4-2-5-9-18)16-22(30-24(23)26(27)29)19-10-6-3-7-11-19/h2-16,21,23-24H,1H3. The lowest BCUT2D eigenvalue weighted by Crippen LogP contribution is -2.31. The zero-order valence-electron chi connectivity index (χ0n) is 16.6. The lowest BCUT2D eigenvalue weighted by atomic mass is 9.83. The van der Waals surface area contributed by atoms with E-state index in [1.807, 2.05) is 79.7 Å². The number of aryl methyl sites for hydroxylation is 1. The van der Waals surface area contributed by atoms with Crippen LogP contribution in [0.1, 0.15) is 22.6 Å². The summed E-state index contributed by atoms with van der Waals surface area (Å²) in [5, 5.41) is -0.427. The third-order valence-corrected chi connectivity index (χ3v) is 7.18. The number of carbonyl (C=O) groups excluding carboxylic acids is 2. The largest absolute Gasteiger partial charge is 0.274 e. The Bertz CT molecular complexity index is 1120. The maximum atomic E-state index is 13.5. The second-order valence-electron chi connectivity index (χ2n) is 7.75. The van der Waals surface area contributed by atoms with Gasteiger partial charge in [-0.1, -0.05) is 84.4 Å². The van der Waals surface area contributed by atoms with Crippen molar-refractivity contribution in [3.63, 3.8) is 0 Å². The maximum Gasteiger partial charge on any atom is 0.248 e. The summed E-state index contributed by atoms with van der Waals surface area (Å²) < 4.78 is 0. The highest BCUT2D eigenvalue weighted by molar-refractivity contribution is 8.09. The van der Waals surface area contributed by atoms with Crippen LogP contribution in [0.25, 0.3) is 4.91 Å². The summed E-state index contributed by atoms with van der Waals surface area (Å²) in [5.41, 5.74) is 3.89. The number of hydrogen-bond acceptors (Lipinski definition) is 3. The first-order valence-electron chi connectivity index (χ1n) is 10.1. The number of benzene rings is 3. The minimum absolute atomic E-state index is 0.112. The van der Waals surface area contributed by atoms with Crippen molar-refractivity contribution in [1.29, 1.82) is 0 Å². The van der Waals surface area contributed by atoms with Crippen molar-refractivity contribution in [3.05, 3.63) is 108 Å². The minimum atomic E-state index is -0.427. The predicted octanol–water partition coefficient (Wildman–Crippen LogP) is 5.42. The van der Waals surface area contributed by atoms with Crippen molar-refractivity contribution in [1.82, 2.24) is 0 Å². The molecule has 30 heavy (non-hydrogen) atoms. The Morgan fingerprint density at radius 3 is 2.07 bits per heavy atom. The van der Waals surface area contributed by atoms with E-state index in [0.717, 1.165) is 21.6 Å². The van der Waals surface area contributed by atoms with Crippen LogP contribution in [0, 0.1) is 12.8 Å². The normalized spacial score (nSPS) is 23.3. The molecule has 2 aliphatic heterocycles. The predicted molar refractivity (Wildman–Crippen MR) is 122 cm³/mol. The average Bonchev–Trinajstić information content (AvgIpc) is 3.05. The molecule has 1 fully saturated rings. The molecule has 3 atom stereocenters. The van der Waals surface area contributed by atoms with Crippen LogP contribution in [-0.4, -0.2) is 17.1 Å². The number of nitrogens with zero attached hydrogens (tertiary/aromatic N) is 1. The minimum Gasteiger partial charge on any atom is -0.274 e. The molecule has 148 valence electrons. The van der Waals surface area contributed by atoms with E-state index >= 15 is 0 Å². The quantitative estimate of drug-likeness (QED) is 0.540. The van der Waals surface area contributed by atoms with Gasteiger partial charge in [-0.15, -0.1) is 11.8 Å². The van der Waals surface area contributed by atoms with Gasteiger partial charge in [-0.3, -0.25) is 9.59 Å². The summed E-state index contributed by atoms with van der Waals surface area (Å²) in [5.74, 6) is -0.780. The number of thioether (sulfide) groups is 1. The highest BCUT2D eigenvalue weighted by Gasteiger charge is 2.53. The third kappa shape index (κ3) is 3.17. The Balaban J connectivity index is 1.60. The fourth-order valence-corrected chi connectivity index (χ4v) is 5.68. The fraction of sp³-hybridized carbons (Fsp3) is 0.154. The molecule has 3 aromatic rings. The molecular weight excluding hydrogens is 390 g/mol. The zero-order chi connectivity index (χ0) is 20.7. The molecule has 3 unspecified atom stereocenters. The number of allylic oxidation sites excluding steroid dienone is 1. The Hall–Kier alpha value is -3.11. The van der Waals surface area contributed by atoms with Gasteiger partial charge in [0.1, 0.15) is 5.25 Å². The highest BCUT2D eigenvalue weighted by Crippen LogP contribution is 2.51. The topological polar surface area (TPSA) is 37.4 Å². The molecule has 3 aromatic carbocycles. The van der Waals surface area contributed by atoms with Crippen molar-refractivity contribution in [3.8, 4) is 0 Å². The molecule has 0 spiro atoms. The number of imide groups is 1. The van der Waals surface area contributed by atoms with Gasteiger partial charge in [0, 0.05) is 10.8 Å². The molecule has 0 aromatic heterocycles. The van der Waals surface area contributed by atoms with E-state index in [-0.39, 0.29) is 17.7 Å². The Morgan fingerprint density at radius 2 is 1.40 bits per heavy atom. The number of hydrogen-bond donors (Lipinski definition) is 0. The Morgan fingerprint density at radius 1 is 0.767 bits per heavy atom. The zero-order valence-corrected chi connectivity index (χ0v) is 17.4. The van der Waals surface area contributed by atoms with Crippen LogP contribution in [-0.2, 0) is 9.59 Å². The van der Waals surface area contributed by atoms with Gasteiger partial charge in [-0.2, -0.15) is 0 Å². The van der Waals surface area contributed by atoms with Crippen LogP contribution < -0.4 is 4.90 Å². The summed E-state index contributed by atoms with van der Waals surface area (Å²) in [6, 6.07) is 27.7. The molecule has 0 aliphatic carbocycles. The fourth-order valence-electron chi connectivity index (χ4n) is 4.27. The van der Waals surface area contributed by atoms with Gasteiger partial charge in [0.2, 0.25) is 11.8 Å². The SMILES string of the molecule is Cc1ccc(N2C(=O)C3SC(c4ccccc4)=CC(c4ccccc4)C3C2=O)cc1. The van der Waals surface area contributed by atoms with Gasteiger partial charge < -0.3 is 0 Å². The van der Waals surface area contributed by atoms with Gasteiger partial charge in [0.05, 0.1) is 11.6 Å². The Labute approximate surface area is 180 Å². The molecule has 0 bridgehead atoms. The average molecular weight is 412 g/mol. The van der Waals surface area contributed by atoms with E-state index in [2.05, 4.69) is 18.2 Å². The number of carbonyl (C=O) groups is 2. The molecular formula is C26H21NO2S. The smallest absolute Gasteiger partial charge is 0.248 e. The van der Waals surface area contributed by atoms with E-state index in [0.29, 0.717) is 5.69 Å². The lowest BCUT2D eigenvalue weighted by Gasteiger charge is -2.29. The second-order valence-corrected chi connectivity index (χ2v) is 8.93. The van der Waals surface area contributed by atoms with Crippen LogP contribution in [0.15, 0.2) is 91.0 Å². The molecule has 1 saturated heterocycles. The van der Waals surface area contributed by atoms with Crippen molar-refractivity contribution in [2.45, 2.75) is 18.1 Å². The molecule has 2 amide bonds. The van der Waals surface area contributed by atoms with Crippen LogP contribution in [0.5, 0.6) is 0 Å². The van der Waals surface area contributed by atoms with E-state index in [1.54, 1.807) is 0 Å². The highest BCUT2D eigenvalue weighted by atomic mass is 32.2. The van der Waals surface area contributed by atoms with Crippen molar-refractivity contribution in [2.24, 2.45) is 5.92 Å². The van der Waals surface area contributed by atoms with Crippen molar-refractivity contribution >= 4 is 34.2 Å². The maximum absolute atomic E-state index is 13.5. The van der Waals surface area contributed by atoms with E-state index < -0.39 is 11.2 Å². The molecule has 3 nitrogen and oxygen atoms in total. The molecule has 2 aliphatic rings.